The molecule has 0 unspecified atom stereocenters. The molecule has 9 heteroatoms. The third kappa shape index (κ3) is 4.57. The molecule has 7 nitrogen and oxygen atoms in total. The molecule has 1 fully saturated rings. The van der Waals surface area contributed by atoms with E-state index in [1.54, 1.807) is 0 Å². The lowest BCUT2D eigenvalue weighted by Gasteiger charge is -2.25. The number of carbonyl (C=O) groups is 1. The third-order valence-corrected chi connectivity index (χ3v) is 5.69. The lowest BCUT2D eigenvalue weighted by Crippen LogP contribution is -2.50. The van der Waals surface area contributed by atoms with Gasteiger partial charge in [-0.3, -0.25) is 0 Å². The minimum atomic E-state index is -3.67. The van der Waals surface area contributed by atoms with Crippen LogP contribution in [0.2, 0.25) is 5.02 Å². The van der Waals surface area contributed by atoms with E-state index in [2.05, 4.69) is 10.6 Å². The second-order valence-electron chi connectivity index (χ2n) is 5.12. The quantitative estimate of drug-likeness (QED) is 0.750. The zero-order valence-electron chi connectivity index (χ0n) is 12.8. The zero-order chi connectivity index (χ0) is 16.9. The predicted molar refractivity (Wildman–Crippen MR) is 86.8 cm³/mol. The number of amides is 2. The number of carbonyl (C=O) groups excluding carboxylic acids is 1. The third-order valence-electron chi connectivity index (χ3n) is 3.51. The number of rotatable bonds is 6. The second-order valence-corrected chi connectivity index (χ2v) is 7.45. The van der Waals surface area contributed by atoms with Crippen LogP contribution in [0.25, 0.3) is 0 Å². The summed E-state index contributed by atoms with van der Waals surface area (Å²) in [7, 11) is -2.13. The Hall–Kier alpha value is -1.35. The van der Waals surface area contributed by atoms with Crippen molar-refractivity contribution in [2.45, 2.75) is 23.9 Å². The van der Waals surface area contributed by atoms with Crippen LogP contribution < -0.4 is 10.6 Å². The van der Waals surface area contributed by atoms with Crippen LogP contribution in [0.4, 0.5) is 4.79 Å². The topological polar surface area (TPSA) is 87.7 Å². The van der Waals surface area contributed by atoms with Crippen LogP contribution in [-0.4, -0.2) is 51.7 Å². The Morgan fingerprint density at radius 2 is 2.09 bits per heavy atom. The van der Waals surface area contributed by atoms with Gasteiger partial charge in [-0.1, -0.05) is 11.6 Å². The van der Waals surface area contributed by atoms with E-state index in [1.807, 2.05) is 0 Å². The van der Waals surface area contributed by atoms with Crippen molar-refractivity contribution in [2.24, 2.45) is 0 Å². The van der Waals surface area contributed by atoms with Gasteiger partial charge in [-0.05, 0) is 37.1 Å². The highest BCUT2D eigenvalue weighted by molar-refractivity contribution is 7.89. The number of methoxy groups -OCH3 is 1. The van der Waals surface area contributed by atoms with Crippen LogP contribution in [0.5, 0.6) is 0 Å². The van der Waals surface area contributed by atoms with Crippen LogP contribution >= 0.6 is 11.6 Å². The minimum Gasteiger partial charge on any atom is -0.383 e. The molecular formula is C14H20ClN3O4S. The number of benzene rings is 1. The van der Waals surface area contributed by atoms with Gasteiger partial charge in [0, 0.05) is 25.2 Å². The fourth-order valence-electron chi connectivity index (χ4n) is 2.38. The van der Waals surface area contributed by atoms with E-state index < -0.39 is 22.2 Å². The monoisotopic (exact) mass is 361 g/mol. The number of hydrogen-bond acceptors (Lipinski definition) is 4. The molecule has 2 rings (SSSR count). The van der Waals surface area contributed by atoms with Crippen molar-refractivity contribution in [3.8, 4) is 0 Å². The number of urea groups is 1. The molecule has 0 saturated carbocycles. The maximum absolute atomic E-state index is 12.7. The maximum atomic E-state index is 12.7. The van der Waals surface area contributed by atoms with Crippen molar-refractivity contribution in [3.63, 3.8) is 0 Å². The summed E-state index contributed by atoms with van der Waals surface area (Å²) >= 11 is 5.80. The molecule has 0 spiro atoms. The van der Waals surface area contributed by atoms with Crippen LogP contribution in [-0.2, 0) is 14.8 Å². The number of halogens is 1. The van der Waals surface area contributed by atoms with E-state index in [0.29, 0.717) is 37.6 Å². The normalized spacial score (nSPS) is 18.8. The lowest BCUT2D eigenvalue weighted by atomic mass is 10.3. The summed E-state index contributed by atoms with van der Waals surface area (Å²) < 4.78 is 31.5. The first-order chi connectivity index (χ1) is 10.9. The van der Waals surface area contributed by atoms with Gasteiger partial charge in [-0.15, -0.1) is 0 Å². The number of sulfonamides is 1. The Morgan fingerprint density at radius 3 is 2.74 bits per heavy atom. The van der Waals surface area contributed by atoms with Gasteiger partial charge in [0.2, 0.25) is 10.0 Å². The van der Waals surface area contributed by atoms with Gasteiger partial charge in [0.25, 0.3) is 0 Å². The average Bonchev–Trinajstić information content (AvgIpc) is 2.97. The van der Waals surface area contributed by atoms with Crippen LogP contribution in [0.1, 0.15) is 12.8 Å². The van der Waals surface area contributed by atoms with E-state index in [4.69, 9.17) is 16.3 Å². The van der Waals surface area contributed by atoms with Gasteiger partial charge in [0.15, 0.2) is 0 Å². The molecule has 1 atom stereocenters. The molecule has 128 valence electrons. The Bertz CT molecular complexity index is 636. The first kappa shape index (κ1) is 18.0. The molecule has 1 aromatic carbocycles. The molecular weight excluding hydrogens is 342 g/mol. The highest BCUT2D eigenvalue weighted by Gasteiger charge is 2.36. The molecule has 1 heterocycles. The predicted octanol–water partition coefficient (Wildman–Crippen LogP) is 1.40. The van der Waals surface area contributed by atoms with E-state index in [-0.39, 0.29) is 4.90 Å². The highest BCUT2D eigenvalue weighted by atomic mass is 35.5. The highest BCUT2D eigenvalue weighted by Crippen LogP contribution is 2.25. The number of nitrogens with zero attached hydrogens (tertiary/aromatic N) is 1. The summed E-state index contributed by atoms with van der Waals surface area (Å²) in [5, 5.41) is 5.78. The summed E-state index contributed by atoms with van der Waals surface area (Å²) in [6, 6.07) is 5.58. The molecule has 1 aliphatic rings. The lowest BCUT2D eigenvalue weighted by molar-refractivity contribution is 0.193. The second kappa shape index (κ2) is 7.96. The summed E-state index contributed by atoms with van der Waals surface area (Å²) in [4.78, 5) is 12.0. The fourth-order valence-corrected chi connectivity index (χ4v) is 4.12. The van der Waals surface area contributed by atoms with Gasteiger partial charge in [0.1, 0.15) is 0 Å². The number of nitrogens with one attached hydrogen (secondary N) is 2. The molecule has 2 N–H and O–H groups in total. The summed E-state index contributed by atoms with van der Waals surface area (Å²) in [6.45, 7) is 1.12. The zero-order valence-corrected chi connectivity index (χ0v) is 14.4. The Labute approximate surface area is 141 Å². The molecule has 0 bridgehead atoms. The van der Waals surface area contributed by atoms with Gasteiger partial charge in [-0.2, -0.15) is 4.31 Å². The Balaban J connectivity index is 2.05. The van der Waals surface area contributed by atoms with Crippen molar-refractivity contribution in [3.05, 3.63) is 29.3 Å². The van der Waals surface area contributed by atoms with Crippen molar-refractivity contribution in [1.29, 1.82) is 0 Å². The first-order valence-electron chi connectivity index (χ1n) is 7.26. The fraction of sp³-hybridized carbons (Fsp3) is 0.500. The summed E-state index contributed by atoms with van der Waals surface area (Å²) in [6.07, 6.45) is 0.707. The van der Waals surface area contributed by atoms with Gasteiger partial charge < -0.3 is 15.4 Å². The summed E-state index contributed by atoms with van der Waals surface area (Å²) in [5.74, 6) is 0. The molecule has 0 radical (unpaired) electrons. The largest absolute Gasteiger partial charge is 0.383 e. The molecule has 0 aromatic heterocycles. The van der Waals surface area contributed by atoms with Crippen LogP contribution in [0, 0.1) is 0 Å². The van der Waals surface area contributed by atoms with E-state index in [9.17, 15) is 13.2 Å². The van der Waals surface area contributed by atoms with Gasteiger partial charge >= 0.3 is 6.03 Å². The maximum Gasteiger partial charge on any atom is 0.316 e. The van der Waals surface area contributed by atoms with Gasteiger partial charge in [-0.25, -0.2) is 13.2 Å². The Kier molecular flexibility index (Phi) is 6.23. The van der Waals surface area contributed by atoms with E-state index in [1.165, 1.54) is 35.7 Å². The van der Waals surface area contributed by atoms with E-state index in [0.717, 1.165) is 0 Å². The smallest absolute Gasteiger partial charge is 0.316 e. The summed E-state index contributed by atoms with van der Waals surface area (Å²) in [5.41, 5.74) is 0. The van der Waals surface area contributed by atoms with Crippen molar-refractivity contribution < 1.29 is 17.9 Å². The standard InChI is InChI=1S/C14H20ClN3O4S/c1-22-10-8-16-14(19)17-13-3-2-9-18(13)23(20,21)12-6-4-11(15)5-7-12/h4-7,13H,2-3,8-10H2,1H3,(H2,16,17,19)/t13-/m1/s1. The van der Waals surface area contributed by atoms with Crippen LogP contribution in [0.3, 0.4) is 0 Å². The molecule has 0 aliphatic carbocycles. The Morgan fingerprint density at radius 1 is 1.39 bits per heavy atom. The van der Waals surface area contributed by atoms with Crippen molar-refractivity contribution >= 4 is 27.7 Å². The SMILES string of the molecule is COCCNC(=O)N[C@H]1CCCN1S(=O)(=O)c1ccc(Cl)cc1. The van der Waals surface area contributed by atoms with Crippen molar-refractivity contribution in [2.75, 3.05) is 26.8 Å². The molecule has 1 aliphatic heterocycles. The minimum absolute atomic E-state index is 0.162. The average molecular weight is 362 g/mol. The number of ether oxygens (including phenoxy) is 1. The number of hydrogen-bond donors (Lipinski definition) is 2. The molecule has 1 saturated heterocycles. The van der Waals surface area contributed by atoms with Crippen LogP contribution in [0.15, 0.2) is 29.2 Å². The molecule has 23 heavy (non-hydrogen) atoms. The van der Waals surface area contributed by atoms with Crippen molar-refractivity contribution in [1.82, 2.24) is 14.9 Å². The van der Waals surface area contributed by atoms with E-state index >= 15 is 0 Å². The molecule has 2 amide bonds. The first-order valence-corrected chi connectivity index (χ1v) is 9.07. The molecule has 1 aromatic rings. The van der Waals surface area contributed by atoms with Gasteiger partial charge in [0.05, 0.1) is 17.7 Å².